The van der Waals surface area contributed by atoms with Gasteiger partial charge in [-0.1, -0.05) is 39.0 Å². The van der Waals surface area contributed by atoms with Gasteiger partial charge in [-0.15, -0.1) is 0 Å². The highest BCUT2D eigenvalue weighted by Crippen LogP contribution is 2.24. The fourth-order valence-electron chi connectivity index (χ4n) is 2.15. The zero-order chi connectivity index (χ0) is 14.3. The van der Waals surface area contributed by atoms with Gasteiger partial charge in [0.1, 0.15) is 0 Å². The van der Waals surface area contributed by atoms with Crippen molar-refractivity contribution in [3.63, 3.8) is 0 Å². The van der Waals surface area contributed by atoms with Crippen molar-refractivity contribution in [1.29, 1.82) is 0 Å². The zero-order valence-electron chi connectivity index (χ0n) is 13.1. The molecule has 0 aliphatic rings. The van der Waals surface area contributed by atoms with E-state index in [9.17, 15) is 0 Å². The van der Waals surface area contributed by atoms with E-state index in [-0.39, 0.29) is 0 Å². The van der Waals surface area contributed by atoms with Crippen LogP contribution in [-0.2, 0) is 0 Å². The predicted molar refractivity (Wildman–Crippen MR) is 89.1 cm³/mol. The molecule has 2 heteroatoms. The highest BCUT2D eigenvalue weighted by molar-refractivity contribution is 7.99. The van der Waals surface area contributed by atoms with E-state index in [1.165, 1.54) is 34.6 Å². The van der Waals surface area contributed by atoms with Gasteiger partial charge in [-0.25, -0.2) is 0 Å². The largest absolute Gasteiger partial charge is 0.309 e. The Kier molecular flexibility index (Phi) is 7.55. The van der Waals surface area contributed by atoms with Crippen molar-refractivity contribution in [1.82, 2.24) is 5.32 Å². The van der Waals surface area contributed by atoms with Crippen LogP contribution in [0.2, 0.25) is 0 Å². The van der Waals surface area contributed by atoms with Crippen molar-refractivity contribution in [3.8, 4) is 0 Å². The molecule has 1 unspecified atom stereocenters. The van der Waals surface area contributed by atoms with Gasteiger partial charge in [0.05, 0.1) is 0 Å². The van der Waals surface area contributed by atoms with Crippen LogP contribution in [0.4, 0.5) is 0 Å². The second kappa shape index (κ2) is 8.65. The lowest BCUT2D eigenvalue weighted by molar-refractivity contribution is 0.574. The summed E-state index contributed by atoms with van der Waals surface area (Å²) in [6, 6.07) is 7.16. The molecule has 0 fully saturated rings. The quantitative estimate of drug-likeness (QED) is 0.738. The molecule has 1 rings (SSSR count). The fraction of sp³-hybridized carbons (Fsp3) is 0.647. The average Bonchev–Trinajstić information content (AvgIpc) is 2.37. The summed E-state index contributed by atoms with van der Waals surface area (Å²) in [5.41, 5.74) is 4.32. The monoisotopic (exact) mass is 279 g/mol. The smallest absolute Gasteiger partial charge is 0.0414 e. The van der Waals surface area contributed by atoms with Crippen LogP contribution in [0.25, 0.3) is 0 Å². The van der Waals surface area contributed by atoms with Gasteiger partial charge in [-0.05, 0) is 55.2 Å². The number of hydrogen-bond acceptors (Lipinski definition) is 2. The fourth-order valence-corrected chi connectivity index (χ4v) is 3.29. The van der Waals surface area contributed by atoms with E-state index < -0.39 is 0 Å². The van der Waals surface area contributed by atoms with Crippen molar-refractivity contribution in [2.75, 3.05) is 18.1 Å². The summed E-state index contributed by atoms with van der Waals surface area (Å²) in [5, 5.41) is 3.71. The van der Waals surface area contributed by atoms with Gasteiger partial charge in [0.25, 0.3) is 0 Å². The third-order valence-corrected chi connectivity index (χ3v) is 4.87. The minimum Gasteiger partial charge on any atom is -0.309 e. The van der Waals surface area contributed by atoms with Crippen molar-refractivity contribution in [3.05, 3.63) is 34.9 Å². The van der Waals surface area contributed by atoms with E-state index in [4.69, 9.17) is 0 Å². The molecule has 108 valence electrons. The van der Waals surface area contributed by atoms with Crippen LogP contribution in [0.15, 0.2) is 18.2 Å². The molecule has 0 saturated heterocycles. The summed E-state index contributed by atoms with van der Waals surface area (Å²) < 4.78 is 0. The Hall–Kier alpha value is -0.470. The van der Waals surface area contributed by atoms with Gasteiger partial charge in [-0.2, -0.15) is 11.8 Å². The van der Waals surface area contributed by atoms with Gasteiger partial charge < -0.3 is 5.32 Å². The molecule has 0 spiro atoms. The Morgan fingerprint density at radius 2 is 1.89 bits per heavy atom. The highest BCUT2D eigenvalue weighted by atomic mass is 32.2. The number of thioether (sulfide) groups is 1. The molecule has 0 amide bonds. The third-order valence-electron chi connectivity index (χ3n) is 3.40. The Morgan fingerprint density at radius 1 is 1.16 bits per heavy atom. The van der Waals surface area contributed by atoms with Crippen LogP contribution in [0.1, 0.15) is 49.9 Å². The van der Waals surface area contributed by atoms with Crippen molar-refractivity contribution in [2.24, 2.45) is 5.92 Å². The van der Waals surface area contributed by atoms with E-state index in [1.807, 2.05) is 0 Å². The topological polar surface area (TPSA) is 12.0 Å². The first kappa shape index (κ1) is 16.6. The maximum Gasteiger partial charge on any atom is 0.0414 e. The molecule has 1 aromatic carbocycles. The first-order chi connectivity index (χ1) is 9.06. The lowest BCUT2D eigenvalue weighted by Gasteiger charge is -2.22. The van der Waals surface area contributed by atoms with Crippen molar-refractivity contribution < 1.29 is 0 Å². The molecule has 0 heterocycles. The Morgan fingerprint density at radius 3 is 2.53 bits per heavy atom. The Labute approximate surface area is 123 Å². The molecule has 0 aliphatic carbocycles. The minimum absolute atomic E-state index is 0.489. The van der Waals surface area contributed by atoms with Crippen LogP contribution in [0, 0.1) is 19.8 Å². The normalized spacial score (nSPS) is 12.9. The maximum atomic E-state index is 3.71. The molecule has 1 N–H and O–H groups in total. The van der Waals surface area contributed by atoms with Crippen molar-refractivity contribution >= 4 is 11.8 Å². The van der Waals surface area contributed by atoms with Crippen molar-refractivity contribution in [2.45, 2.75) is 47.1 Å². The number of nitrogens with one attached hydrogen (secondary N) is 1. The molecule has 0 bridgehead atoms. The Balaban J connectivity index is 2.74. The van der Waals surface area contributed by atoms with Gasteiger partial charge in [0, 0.05) is 11.8 Å². The molecule has 1 atom stereocenters. The number of benzene rings is 1. The van der Waals surface area contributed by atoms with Gasteiger partial charge in [-0.3, -0.25) is 0 Å². The summed E-state index contributed by atoms with van der Waals surface area (Å²) in [6.45, 7) is 12.4. The molecular formula is C17H29NS. The van der Waals surface area contributed by atoms with Gasteiger partial charge in [0.2, 0.25) is 0 Å². The van der Waals surface area contributed by atoms with Crippen LogP contribution in [0.5, 0.6) is 0 Å². The average molecular weight is 279 g/mol. The first-order valence-corrected chi connectivity index (χ1v) is 8.59. The van der Waals surface area contributed by atoms with E-state index in [0.717, 1.165) is 12.5 Å². The lowest BCUT2D eigenvalue weighted by Crippen LogP contribution is -2.25. The second-order valence-electron chi connectivity index (χ2n) is 5.73. The van der Waals surface area contributed by atoms with Crippen LogP contribution >= 0.6 is 11.8 Å². The summed E-state index contributed by atoms with van der Waals surface area (Å²) in [5.74, 6) is 3.19. The van der Waals surface area contributed by atoms with Crippen LogP contribution in [-0.4, -0.2) is 18.1 Å². The zero-order valence-corrected chi connectivity index (χ0v) is 13.9. The molecule has 0 aromatic heterocycles. The minimum atomic E-state index is 0.489. The summed E-state index contributed by atoms with van der Waals surface area (Å²) in [7, 11) is 0. The van der Waals surface area contributed by atoms with E-state index in [0.29, 0.717) is 6.04 Å². The maximum absolute atomic E-state index is 3.71. The molecular weight excluding hydrogens is 250 g/mol. The lowest BCUT2D eigenvalue weighted by atomic mass is 9.98. The highest BCUT2D eigenvalue weighted by Gasteiger charge is 2.14. The summed E-state index contributed by atoms with van der Waals surface area (Å²) in [4.78, 5) is 0. The molecule has 0 aliphatic heterocycles. The van der Waals surface area contributed by atoms with E-state index in [2.05, 4.69) is 69.9 Å². The standard InChI is InChI=1S/C17H29NS/c1-6-10-18-17(12-19-11-13(2)3)16-9-7-8-14(4)15(16)5/h7-9,13,17-18H,6,10-12H2,1-5H3. The molecule has 1 aromatic rings. The van der Waals surface area contributed by atoms with E-state index in [1.54, 1.807) is 0 Å². The second-order valence-corrected chi connectivity index (χ2v) is 6.80. The number of rotatable bonds is 8. The summed E-state index contributed by atoms with van der Waals surface area (Å²) >= 11 is 2.07. The first-order valence-electron chi connectivity index (χ1n) is 7.43. The van der Waals surface area contributed by atoms with E-state index >= 15 is 0 Å². The molecule has 0 saturated carbocycles. The third kappa shape index (κ3) is 5.58. The van der Waals surface area contributed by atoms with Crippen LogP contribution in [0.3, 0.4) is 0 Å². The SMILES string of the molecule is CCCNC(CSCC(C)C)c1cccc(C)c1C. The predicted octanol–water partition coefficient (Wildman–Crippen LogP) is 4.73. The Bertz CT molecular complexity index is 374. The molecule has 1 nitrogen and oxygen atoms in total. The van der Waals surface area contributed by atoms with Crippen LogP contribution < -0.4 is 5.32 Å². The molecule has 19 heavy (non-hydrogen) atoms. The molecule has 0 radical (unpaired) electrons. The van der Waals surface area contributed by atoms with Gasteiger partial charge >= 0.3 is 0 Å². The summed E-state index contributed by atoms with van der Waals surface area (Å²) in [6.07, 6.45) is 1.19. The number of hydrogen-bond donors (Lipinski definition) is 1. The number of aryl methyl sites for hydroxylation is 1. The van der Waals surface area contributed by atoms with Gasteiger partial charge in [0.15, 0.2) is 0 Å².